The predicted molar refractivity (Wildman–Crippen MR) is 83.5 cm³/mol. The number of rotatable bonds is 4. The fraction of sp³-hybridized carbons (Fsp3) is 0.533. The van der Waals surface area contributed by atoms with Gasteiger partial charge in [0.25, 0.3) is 0 Å². The summed E-state index contributed by atoms with van der Waals surface area (Å²) >= 11 is 1.68. The van der Waals surface area contributed by atoms with Crippen molar-refractivity contribution in [1.82, 2.24) is 10.4 Å². The van der Waals surface area contributed by atoms with Crippen LogP contribution in [0, 0.1) is 0 Å². The largest absolute Gasteiger partial charge is 0.294 e. The number of hydrazine groups is 1. The van der Waals surface area contributed by atoms with Gasteiger partial charge in [-0.15, -0.1) is 11.8 Å². The van der Waals surface area contributed by atoms with Gasteiger partial charge >= 0.3 is 0 Å². The first kappa shape index (κ1) is 16.1. The molecule has 4 heteroatoms. The molecule has 0 amide bonds. The number of ketones is 1. The van der Waals surface area contributed by atoms with Gasteiger partial charge in [0.15, 0.2) is 5.78 Å². The number of nitrogens with zero attached hydrogens (tertiary/aromatic N) is 1. The van der Waals surface area contributed by atoms with E-state index in [2.05, 4.69) is 18.4 Å². The van der Waals surface area contributed by atoms with Crippen LogP contribution in [0.3, 0.4) is 0 Å². The maximum Gasteiger partial charge on any atom is 0.164 e. The highest BCUT2D eigenvalue weighted by molar-refractivity contribution is 8.02. The average molecular weight is 280 g/mol. The third kappa shape index (κ3) is 3.31. The maximum atomic E-state index is 11.9. The Morgan fingerprint density at radius 2 is 2.05 bits per heavy atom. The lowest BCUT2D eigenvalue weighted by atomic mass is 10.0. The topological polar surface area (TPSA) is 32.3 Å². The molecule has 0 bridgehead atoms. The number of hydrogen-bond acceptors (Lipinski definition) is 4. The molecule has 2 aliphatic rings. The third-order valence-corrected chi connectivity index (χ3v) is 3.79. The average Bonchev–Trinajstić information content (AvgIpc) is 2.91. The second-order valence-electron chi connectivity index (χ2n) is 4.10. The van der Waals surface area contributed by atoms with Crippen LogP contribution in [0.1, 0.15) is 40.5 Å². The highest BCUT2D eigenvalue weighted by atomic mass is 32.2. The molecular weight excluding hydrogens is 256 g/mol. The molecule has 0 saturated heterocycles. The minimum Gasteiger partial charge on any atom is -0.294 e. The van der Waals surface area contributed by atoms with Crippen molar-refractivity contribution in [3.63, 3.8) is 0 Å². The molecule has 1 N–H and O–H groups in total. The molecule has 0 aliphatic carbocycles. The number of fused-ring (bicyclic) bond motifs is 1. The molecule has 0 aromatic carbocycles. The normalized spacial score (nSPS) is 20.8. The van der Waals surface area contributed by atoms with Crippen molar-refractivity contribution in [1.29, 1.82) is 0 Å². The molecule has 2 rings (SSSR count). The Hall–Kier alpha value is -1.00. The van der Waals surface area contributed by atoms with E-state index < -0.39 is 0 Å². The Morgan fingerprint density at radius 1 is 1.37 bits per heavy atom. The van der Waals surface area contributed by atoms with Crippen LogP contribution in [0.2, 0.25) is 0 Å². The molecule has 3 nitrogen and oxygen atoms in total. The molecule has 0 fully saturated rings. The summed E-state index contributed by atoms with van der Waals surface area (Å²) in [6, 6.07) is 0.326. The van der Waals surface area contributed by atoms with E-state index in [-0.39, 0.29) is 5.78 Å². The summed E-state index contributed by atoms with van der Waals surface area (Å²) in [7, 11) is 0. The zero-order valence-corrected chi connectivity index (χ0v) is 13.3. The lowest BCUT2D eigenvalue weighted by Crippen LogP contribution is -2.37. The first-order valence-corrected chi connectivity index (χ1v) is 8.21. The van der Waals surface area contributed by atoms with Crippen LogP contribution in [0.15, 0.2) is 34.5 Å². The molecule has 0 aromatic rings. The number of Topliss-reactive ketones (excluding diaryl/α,β-unsaturated/α-hetero) is 1. The van der Waals surface area contributed by atoms with E-state index in [0.717, 1.165) is 22.7 Å². The Kier molecular flexibility index (Phi) is 6.38. The van der Waals surface area contributed by atoms with E-state index >= 15 is 0 Å². The van der Waals surface area contributed by atoms with Crippen molar-refractivity contribution < 1.29 is 4.79 Å². The van der Waals surface area contributed by atoms with Gasteiger partial charge in [0.1, 0.15) is 0 Å². The summed E-state index contributed by atoms with van der Waals surface area (Å²) in [5.41, 5.74) is 5.26. The van der Waals surface area contributed by atoms with Crippen LogP contribution < -0.4 is 5.43 Å². The fourth-order valence-electron chi connectivity index (χ4n) is 2.04. The van der Waals surface area contributed by atoms with Crippen LogP contribution in [0.5, 0.6) is 0 Å². The van der Waals surface area contributed by atoms with Crippen molar-refractivity contribution >= 4 is 17.5 Å². The molecule has 19 heavy (non-hydrogen) atoms. The summed E-state index contributed by atoms with van der Waals surface area (Å²) in [6.07, 6.45) is 9.73. The number of carbonyl (C=O) groups excluding carboxylic acids is 1. The second-order valence-corrected chi connectivity index (χ2v) is 4.92. The van der Waals surface area contributed by atoms with Gasteiger partial charge in [-0.3, -0.25) is 9.80 Å². The number of thioether (sulfide) groups is 1. The first-order chi connectivity index (χ1) is 9.21. The fourth-order valence-corrected chi connectivity index (χ4v) is 2.58. The highest BCUT2D eigenvalue weighted by Crippen LogP contribution is 2.33. The van der Waals surface area contributed by atoms with Gasteiger partial charge in [-0.1, -0.05) is 27.7 Å². The van der Waals surface area contributed by atoms with E-state index in [1.165, 1.54) is 0 Å². The summed E-state index contributed by atoms with van der Waals surface area (Å²) < 4.78 is 0. The lowest BCUT2D eigenvalue weighted by molar-refractivity contribution is -0.115. The minimum absolute atomic E-state index is 0.205. The number of hydrogen-bond donors (Lipinski definition) is 1. The summed E-state index contributed by atoms with van der Waals surface area (Å²) in [4.78, 5) is 11.9. The Morgan fingerprint density at radius 3 is 2.58 bits per heavy atom. The monoisotopic (exact) mass is 280 g/mol. The Bertz CT molecular complexity index is 424. The molecule has 0 aromatic heterocycles. The number of carbonyl (C=O) groups is 1. The van der Waals surface area contributed by atoms with E-state index in [1.807, 2.05) is 44.2 Å². The Balaban J connectivity index is 0.000000861. The lowest BCUT2D eigenvalue weighted by Gasteiger charge is -2.28. The van der Waals surface area contributed by atoms with Crippen molar-refractivity contribution in [3.05, 3.63) is 34.5 Å². The maximum absolute atomic E-state index is 11.9. The van der Waals surface area contributed by atoms with Crippen LogP contribution in [0.25, 0.3) is 0 Å². The Labute approximate surface area is 120 Å². The zero-order valence-electron chi connectivity index (χ0n) is 12.5. The summed E-state index contributed by atoms with van der Waals surface area (Å²) in [5.74, 6) is 0.205. The molecule has 1 unspecified atom stereocenters. The van der Waals surface area contributed by atoms with E-state index in [1.54, 1.807) is 11.8 Å². The van der Waals surface area contributed by atoms with E-state index in [4.69, 9.17) is 0 Å². The predicted octanol–water partition coefficient (Wildman–Crippen LogP) is 3.62. The van der Waals surface area contributed by atoms with Crippen LogP contribution in [0.4, 0.5) is 0 Å². The van der Waals surface area contributed by atoms with Gasteiger partial charge in [0, 0.05) is 18.0 Å². The molecule has 106 valence electrons. The number of allylic oxidation sites excluding steroid dienone is 3. The molecule has 1 atom stereocenters. The molecule has 2 heterocycles. The number of nitrogens with one attached hydrogen (secondary N) is 1. The molecule has 0 saturated carbocycles. The summed E-state index contributed by atoms with van der Waals surface area (Å²) in [6.45, 7) is 8.04. The molecule has 0 spiro atoms. The minimum atomic E-state index is 0.205. The van der Waals surface area contributed by atoms with Gasteiger partial charge in [-0.2, -0.15) is 0 Å². The standard InChI is InChI=1S/C13H18N2OS.C2H6/c1-4-9-8-11-10(12(16)5-2)6-7-13(17-3)15(11)14-9;1-2/h6-9,14H,4-5H2,1-3H3;1-2H3. The van der Waals surface area contributed by atoms with Crippen LogP contribution >= 0.6 is 11.8 Å². The van der Waals surface area contributed by atoms with E-state index in [9.17, 15) is 4.79 Å². The van der Waals surface area contributed by atoms with Gasteiger partial charge in [0.05, 0.1) is 10.7 Å². The summed E-state index contributed by atoms with van der Waals surface area (Å²) in [5, 5.41) is 3.18. The van der Waals surface area contributed by atoms with Crippen LogP contribution in [-0.2, 0) is 4.79 Å². The van der Waals surface area contributed by atoms with Gasteiger partial charge in [0.2, 0.25) is 0 Å². The molecule has 0 radical (unpaired) electrons. The molecule has 2 aliphatic heterocycles. The van der Waals surface area contributed by atoms with Crippen molar-refractivity contribution in [3.8, 4) is 0 Å². The zero-order chi connectivity index (χ0) is 14.4. The first-order valence-electron chi connectivity index (χ1n) is 6.98. The van der Waals surface area contributed by atoms with Crippen molar-refractivity contribution in [2.24, 2.45) is 0 Å². The smallest absolute Gasteiger partial charge is 0.164 e. The van der Waals surface area contributed by atoms with Crippen molar-refractivity contribution in [2.45, 2.75) is 46.6 Å². The molecular formula is C15H24N2OS. The quantitative estimate of drug-likeness (QED) is 0.852. The van der Waals surface area contributed by atoms with Crippen LogP contribution in [-0.4, -0.2) is 23.1 Å². The van der Waals surface area contributed by atoms with Gasteiger partial charge in [-0.05, 0) is 30.9 Å². The van der Waals surface area contributed by atoms with Crippen molar-refractivity contribution in [2.75, 3.05) is 6.26 Å². The van der Waals surface area contributed by atoms with Gasteiger partial charge < -0.3 is 0 Å². The SMILES string of the molecule is CC.CCC(=O)C1=CC=C(SC)N2NC(CC)C=C12. The third-order valence-electron chi connectivity index (χ3n) is 3.05. The van der Waals surface area contributed by atoms with Gasteiger partial charge in [-0.25, -0.2) is 5.43 Å². The second kappa shape index (κ2) is 7.56. The van der Waals surface area contributed by atoms with E-state index in [0.29, 0.717) is 12.5 Å². The highest BCUT2D eigenvalue weighted by Gasteiger charge is 2.30.